The number of furan rings is 1. The first-order valence-corrected chi connectivity index (χ1v) is 7.35. The molecule has 1 aliphatic carbocycles. The van der Waals surface area contributed by atoms with Gasteiger partial charge < -0.3 is 24.3 Å². The molecule has 2 fully saturated rings. The van der Waals surface area contributed by atoms with E-state index in [0.717, 1.165) is 0 Å². The number of amides is 1. The summed E-state index contributed by atoms with van der Waals surface area (Å²) in [5.74, 6) is -0.143. The van der Waals surface area contributed by atoms with E-state index in [1.54, 1.807) is 13.0 Å². The molecule has 1 amide bonds. The van der Waals surface area contributed by atoms with Crippen molar-refractivity contribution in [3.8, 4) is 0 Å². The van der Waals surface area contributed by atoms with Crippen molar-refractivity contribution in [1.82, 2.24) is 5.32 Å². The molecule has 6 nitrogen and oxygen atoms in total. The number of rotatable bonds is 3. The van der Waals surface area contributed by atoms with E-state index in [1.807, 2.05) is 0 Å². The van der Waals surface area contributed by atoms with E-state index in [9.17, 15) is 9.90 Å². The lowest BCUT2D eigenvalue weighted by Crippen LogP contribution is -2.49. The Labute approximate surface area is 123 Å². The van der Waals surface area contributed by atoms with Crippen LogP contribution in [0.3, 0.4) is 0 Å². The molecule has 1 saturated carbocycles. The molecule has 1 aromatic rings. The van der Waals surface area contributed by atoms with E-state index in [2.05, 4.69) is 5.32 Å². The van der Waals surface area contributed by atoms with E-state index in [4.69, 9.17) is 13.9 Å². The Morgan fingerprint density at radius 1 is 1.29 bits per heavy atom. The molecule has 21 heavy (non-hydrogen) atoms. The van der Waals surface area contributed by atoms with Gasteiger partial charge >= 0.3 is 0 Å². The van der Waals surface area contributed by atoms with Crippen LogP contribution in [0.4, 0.5) is 0 Å². The minimum atomic E-state index is -0.895. The van der Waals surface area contributed by atoms with Crippen molar-refractivity contribution in [2.24, 2.45) is 0 Å². The van der Waals surface area contributed by atoms with Crippen molar-refractivity contribution in [1.29, 1.82) is 0 Å². The van der Waals surface area contributed by atoms with Crippen LogP contribution in [0.25, 0.3) is 0 Å². The van der Waals surface area contributed by atoms with Gasteiger partial charge in [-0.2, -0.15) is 0 Å². The summed E-state index contributed by atoms with van der Waals surface area (Å²) in [6, 6.07) is 1.63. The second-order valence-corrected chi connectivity index (χ2v) is 5.91. The van der Waals surface area contributed by atoms with E-state index in [0.29, 0.717) is 50.2 Å². The fraction of sp³-hybridized carbons (Fsp3) is 0.667. The van der Waals surface area contributed by atoms with Gasteiger partial charge in [0.05, 0.1) is 30.6 Å². The Bertz CT molecular complexity index is 508. The quantitative estimate of drug-likeness (QED) is 0.880. The lowest BCUT2D eigenvalue weighted by molar-refractivity contribution is -0.201. The summed E-state index contributed by atoms with van der Waals surface area (Å²) in [5, 5.41) is 13.4. The molecule has 2 heterocycles. The third-order valence-electron chi connectivity index (χ3n) is 4.44. The van der Waals surface area contributed by atoms with E-state index in [1.165, 1.54) is 6.26 Å². The standard InChI is InChI=1S/C15H21NO5/c1-11-12(2-7-19-11)13(17)16-10-14(18)3-5-15(6-4-14)20-8-9-21-15/h2,7,18H,3-6,8-10H2,1H3,(H,16,17). The molecule has 116 valence electrons. The second kappa shape index (κ2) is 5.44. The fourth-order valence-corrected chi connectivity index (χ4v) is 3.02. The smallest absolute Gasteiger partial charge is 0.254 e. The van der Waals surface area contributed by atoms with Crippen molar-refractivity contribution >= 4 is 5.91 Å². The first kappa shape index (κ1) is 14.6. The summed E-state index contributed by atoms with van der Waals surface area (Å²) in [6.07, 6.45) is 3.90. The van der Waals surface area contributed by atoms with Gasteiger partial charge in [0.15, 0.2) is 5.79 Å². The topological polar surface area (TPSA) is 80.9 Å². The van der Waals surface area contributed by atoms with Crippen LogP contribution in [0.15, 0.2) is 16.7 Å². The van der Waals surface area contributed by atoms with Crippen LogP contribution in [-0.4, -0.2) is 42.2 Å². The first-order valence-electron chi connectivity index (χ1n) is 7.35. The Balaban J connectivity index is 1.53. The van der Waals surface area contributed by atoms with E-state index in [-0.39, 0.29) is 12.5 Å². The summed E-state index contributed by atoms with van der Waals surface area (Å²) >= 11 is 0. The first-order chi connectivity index (χ1) is 10.0. The van der Waals surface area contributed by atoms with Gasteiger partial charge in [0.1, 0.15) is 5.76 Å². The highest BCUT2D eigenvalue weighted by Gasteiger charge is 2.45. The molecule has 0 bridgehead atoms. The molecular weight excluding hydrogens is 274 g/mol. The summed E-state index contributed by atoms with van der Waals surface area (Å²) in [5.41, 5.74) is -0.387. The van der Waals surface area contributed by atoms with Crippen LogP contribution in [0.1, 0.15) is 41.8 Å². The van der Waals surface area contributed by atoms with Crippen molar-refractivity contribution in [2.75, 3.05) is 19.8 Å². The molecule has 0 atom stereocenters. The van der Waals surface area contributed by atoms with Crippen LogP contribution in [0, 0.1) is 6.92 Å². The summed E-state index contributed by atoms with van der Waals surface area (Å²) < 4.78 is 16.4. The van der Waals surface area contributed by atoms with Crippen LogP contribution in [0.5, 0.6) is 0 Å². The molecule has 2 aliphatic rings. The van der Waals surface area contributed by atoms with Gasteiger partial charge in [-0.1, -0.05) is 0 Å². The third kappa shape index (κ3) is 2.97. The van der Waals surface area contributed by atoms with Crippen LogP contribution >= 0.6 is 0 Å². The zero-order valence-corrected chi connectivity index (χ0v) is 12.2. The molecule has 0 radical (unpaired) electrons. The maximum atomic E-state index is 12.0. The SMILES string of the molecule is Cc1occc1C(=O)NCC1(O)CCC2(CC1)OCCO2. The van der Waals surface area contributed by atoms with Gasteiger partial charge in [-0.25, -0.2) is 0 Å². The summed E-state index contributed by atoms with van der Waals surface area (Å²) in [6.45, 7) is 3.21. The van der Waals surface area contributed by atoms with Crippen LogP contribution in [0.2, 0.25) is 0 Å². The fourth-order valence-electron chi connectivity index (χ4n) is 3.02. The molecule has 3 rings (SSSR count). The van der Waals surface area contributed by atoms with Crippen molar-refractivity contribution in [3.63, 3.8) is 0 Å². The number of aliphatic hydroxyl groups is 1. The Morgan fingerprint density at radius 2 is 1.95 bits per heavy atom. The van der Waals surface area contributed by atoms with E-state index < -0.39 is 11.4 Å². The number of carbonyl (C=O) groups excluding carboxylic acids is 1. The van der Waals surface area contributed by atoms with Crippen molar-refractivity contribution in [2.45, 2.75) is 44.0 Å². The third-order valence-corrected chi connectivity index (χ3v) is 4.44. The maximum Gasteiger partial charge on any atom is 0.254 e. The number of ether oxygens (including phenoxy) is 2. The molecular formula is C15H21NO5. The second-order valence-electron chi connectivity index (χ2n) is 5.91. The number of hydrogen-bond acceptors (Lipinski definition) is 5. The number of hydrogen-bond donors (Lipinski definition) is 2. The van der Waals surface area contributed by atoms with Crippen molar-refractivity contribution < 1.29 is 23.8 Å². The molecule has 2 N–H and O–H groups in total. The largest absolute Gasteiger partial charge is 0.469 e. The van der Waals surface area contributed by atoms with Gasteiger partial charge in [0.2, 0.25) is 0 Å². The molecule has 1 aromatic heterocycles. The Hall–Kier alpha value is -1.37. The molecule has 1 aliphatic heterocycles. The highest BCUT2D eigenvalue weighted by Crippen LogP contribution is 2.39. The molecule has 1 spiro atoms. The highest BCUT2D eigenvalue weighted by molar-refractivity contribution is 5.95. The van der Waals surface area contributed by atoms with Crippen LogP contribution in [-0.2, 0) is 9.47 Å². The Morgan fingerprint density at radius 3 is 2.52 bits per heavy atom. The Kier molecular flexibility index (Phi) is 3.77. The normalized spacial score (nSPS) is 23.3. The predicted octanol–water partition coefficient (Wildman–Crippen LogP) is 1.37. The number of carbonyl (C=O) groups is 1. The van der Waals surface area contributed by atoms with Gasteiger partial charge in [0, 0.05) is 19.4 Å². The summed E-state index contributed by atoms with van der Waals surface area (Å²) in [7, 11) is 0. The summed E-state index contributed by atoms with van der Waals surface area (Å²) in [4.78, 5) is 12.0. The molecule has 0 aromatic carbocycles. The monoisotopic (exact) mass is 295 g/mol. The highest BCUT2D eigenvalue weighted by atomic mass is 16.7. The minimum Gasteiger partial charge on any atom is -0.469 e. The molecule has 0 unspecified atom stereocenters. The predicted molar refractivity (Wildman–Crippen MR) is 73.8 cm³/mol. The van der Waals surface area contributed by atoms with Gasteiger partial charge in [-0.3, -0.25) is 4.79 Å². The van der Waals surface area contributed by atoms with Crippen molar-refractivity contribution in [3.05, 3.63) is 23.7 Å². The molecule has 6 heteroatoms. The van der Waals surface area contributed by atoms with Gasteiger partial charge in [-0.15, -0.1) is 0 Å². The average Bonchev–Trinajstić information content (AvgIpc) is 3.10. The zero-order valence-electron chi connectivity index (χ0n) is 12.2. The van der Waals surface area contributed by atoms with Crippen LogP contribution < -0.4 is 5.32 Å². The lowest BCUT2D eigenvalue weighted by Gasteiger charge is -2.40. The number of aryl methyl sites for hydroxylation is 1. The maximum absolute atomic E-state index is 12.0. The zero-order chi connectivity index (χ0) is 14.9. The minimum absolute atomic E-state index is 0.219. The molecule has 1 saturated heterocycles. The average molecular weight is 295 g/mol. The lowest BCUT2D eigenvalue weighted by atomic mass is 9.81. The van der Waals surface area contributed by atoms with E-state index >= 15 is 0 Å². The van der Waals surface area contributed by atoms with Gasteiger partial charge in [0.25, 0.3) is 5.91 Å². The number of nitrogens with one attached hydrogen (secondary N) is 1. The van der Waals surface area contributed by atoms with Gasteiger partial charge in [-0.05, 0) is 25.8 Å².